The summed E-state index contributed by atoms with van der Waals surface area (Å²) in [6.07, 6.45) is 1.93. The zero-order valence-corrected chi connectivity index (χ0v) is 9.97. The van der Waals surface area contributed by atoms with Gasteiger partial charge in [0, 0.05) is 12.8 Å². The maximum atomic E-state index is 11.4. The van der Waals surface area contributed by atoms with Crippen LogP contribution in [0.15, 0.2) is 12.3 Å². The van der Waals surface area contributed by atoms with Crippen LogP contribution in [0.2, 0.25) is 5.15 Å². The predicted molar refractivity (Wildman–Crippen MR) is 62.5 cm³/mol. The van der Waals surface area contributed by atoms with Gasteiger partial charge in [0.25, 0.3) is 0 Å². The molecule has 86 valence electrons. The highest BCUT2D eigenvalue weighted by atomic mass is 35.5. The lowest BCUT2D eigenvalue weighted by molar-refractivity contribution is -0.121. The second-order valence-corrected chi connectivity index (χ2v) is 3.94. The van der Waals surface area contributed by atoms with Crippen molar-refractivity contribution in [3.05, 3.63) is 23.0 Å². The molecule has 16 heavy (non-hydrogen) atoms. The van der Waals surface area contributed by atoms with Gasteiger partial charge in [0.15, 0.2) is 0 Å². The predicted octanol–water partition coefficient (Wildman–Crippen LogP) is 2.35. The molecular weight excluding hydrogens is 228 g/mol. The number of Topliss-reactive ketones (excluding diaryl/α,β-unsaturated/α-hetero) is 1. The number of hydrogen-bond donors (Lipinski definition) is 1. The number of aryl methyl sites for hydroxylation is 1. The Hall–Kier alpha value is -1.42. The first-order valence-electron chi connectivity index (χ1n) is 4.90. The molecular formula is C11H13ClN2O2. The van der Waals surface area contributed by atoms with E-state index in [9.17, 15) is 9.59 Å². The van der Waals surface area contributed by atoms with E-state index < -0.39 is 0 Å². The summed E-state index contributed by atoms with van der Waals surface area (Å²) in [5.74, 6) is -0.195. The van der Waals surface area contributed by atoms with Crippen molar-refractivity contribution >= 4 is 29.0 Å². The number of rotatable bonds is 4. The minimum atomic E-state index is -0.196. The molecule has 0 spiro atoms. The Morgan fingerprint density at radius 3 is 2.69 bits per heavy atom. The molecule has 0 aliphatic carbocycles. The molecule has 0 aliphatic heterocycles. The fourth-order valence-electron chi connectivity index (χ4n) is 1.14. The van der Waals surface area contributed by atoms with E-state index in [1.807, 2.05) is 0 Å². The number of anilines is 1. The minimum absolute atomic E-state index is 0.000520. The van der Waals surface area contributed by atoms with E-state index in [0.717, 1.165) is 5.56 Å². The Balaban J connectivity index is 2.56. The third kappa shape index (κ3) is 3.98. The summed E-state index contributed by atoms with van der Waals surface area (Å²) in [4.78, 5) is 26.0. The zero-order valence-electron chi connectivity index (χ0n) is 9.21. The van der Waals surface area contributed by atoms with Crippen LogP contribution in [0.25, 0.3) is 0 Å². The molecule has 0 aliphatic rings. The highest BCUT2D eigenvalue weighted by molar-refractivity contribution is 6.30. The van der Waals surface area contributed by atoms with Gasteiger partial charge in [-0.25, -0.2) is 4.98 Å². The van der Waals surface area contributed by atoms with Crippen molar-refractivity contribution in [2.24, 2.45) is 0 Å². The Kier molecular flexibility index (Phi) is 4.43. The number of amides is 1. The molecule has 1 aromatic heterocycles. The van der Waals surface area contributed by atoms with Crippen LogP contribution in [-0.4, -0.2) is 16.7 Å². The van der Waals surface area contributed by atoms with Crippen LogP contribution in [0.4, 0.5) is 5.69 Å². The monoisotopic (exact) mass is 240 g/mol. The van der Waals surface area contributed by atoms with Crippen LogP contribution in [0.5, 0.6) is 0 Å². The maximum Gasteiger partial charge on any atom is 0.224 e. The first-order chi connectivity index (χ1) is 7.49. The summed E-state index contributed by atoms with van der Waals surface area (Å²) in [6, 6.07) is 1.74. The second-order valence-electron chi connectivity index (χ2n) is 3.58. The summed E-state index contributed by atoms with van der Waals surface area (Å²) >= 11 is 5.75. The van der Waals surface area contributed by atoms with Gasteiger partial charge in [-0.15, -0.1) is 0 Å². The van der Waals surface area contributed by atoms with Crippen molar-refractivity contribution in [2.45, 2.75) is 26.7 Å². The fraction of sp³-hybridized carbons (Fsp3) is 0.364. The lowest BCUT2D eigenvalue weighted by atomic mass is 10.2. The summed E-state index contributed by atoms with van der Waals surface area (Å²) < 4.78 is 0. The number of pyridine rings is 1. The van der Waals surface area contributed by atoms with Gasteiger partial charge >= 0.3 is 0 Å². The van der Waals surface area contributed by atoms with Gasteiger partial charge in [-0.2, -0.15) is 0 Å². The number of hydrogen-bond acceptors (Lipinski definition) is 3. The van der Waals surface area contributed by atoms with Crippen LogP contribution in [0.1, 0.15) is 25.3 Å². The van der Waals surface area contributed by atoms with Crippen molar-refractivity contribution in [3.63, 3.8) is 0 Å². The number of nitrogens with zero attached hydrogens (tertiary/aromatic N) is 1. The Bertz CT molecular complexity index is 418. The summed E-state index contributed by atoms with van der Waals surface area (Å²) in [6.45, 7) is 3.27. The topological polar surface area (TPSA) is 59.1 Å². The Morgan fingerprint density at radius 1 is 1.44 bits per heavy atom. The number of carbonyl (C=O) groups is 2. The molecule has 1 amide bonds. The van der Waals surface area contributed by atoms with Gasteiger partial charge in [-0.3, -0.25) is 4.79 Å². The maximum absolute atomic E-state index is 11.4. The molecule has 1 rings (SSSR count). The largest absolute Gasteiger partial charge is 0.325 e. The molecule has 0 bridgehead atoms. The van der Waals surface area contributed by atoms with Crippen molar-refractivity contribution in [1.82, 2.24) is 4.98 Å². The molecule has 0 saturated heterocycles. The lowest BCUT2D eigenvalue weighted by Gasteiger charge is -2.05. The molecule has 0 unspecified atom stereocenters. The summed E-state index contributed by atoms with van der Waals surface area (Å²) in [7, 11) is 0. The summed E-state index contributed by atoms with van der Waals surface area (Å²) in [5, 5.41) is 3.07. The molecule has 0 aromatic carbocycles. The number of halogens is 1. The smallest absolute Gasteiger partial charge is 0.224 e. The number of aromatic nitrogens is 1. The molecule has 1 N–H and O–H groups in total. The SMILES string of the molecule is CC(=O)CCC(=O)Nc1cnc(Cl)c(C)c1. The van der Waals surface area contributed by atoms with Crippen molar-refractivity contribution in [1.29, 1.82) is 0 Å². The quantitative estimate of drug-likeness (QED) is 0.822. The molecule has 0 atom stereocenters. The molecule has 0 saturated carbocycles. The average Bonchev–Trinajstić information content (AvgIpc) is 2.21. The molecule has 5 heteroatoms. The third-order valence-electron chi connectivity index (χ3n) is 2.00. The zero-order chi connectivity index (χ0) is 12.1. The van der Waals surface area contributed by atoms with E-state index in [1.165, 1.54) is 13.1 Å². The van der Waals surface area contributed by atoms with Gasteiger partial charge in [-0.1, -0.05) is 11.6 Å². The van der Waals surface area contributed by atoms with E-state index in [1.54, 1.807) is 13.0 Å². The van der Waals surface area contributed by atoms with E-state index in [2.05, 4.69) is 10.3 Å². The fourth-order valence-corrected chi connectivity index (χ4v) is 1.24. The lowest BCUT2D eigenvalue weighted by Crippen LogP contribution is -2.12. The van der Waals surface area contributed by atoms with Crippen molar-refractivity contribution in [3.8, 4) is 0 Å². The highest BCUT2D eigenvalue weighted by Crippen LogP contribution is 2.16. The summed E-state index contributed by atoms with van der Waals surface area (Å²) in [5.41, 5.74) is 1.39. The van der Waals surface area contributed by atoms with Crippen LogP contribution in [0, 0.1) is 6.92 Å². The van der Waals surface area contributed by atoms with E-state index >= 15 is 0 Å². The number of carbonyl (C=O) groups excluding carboxylic acids is 2. The van der Waals surface area contributed by atoms with Gasteiger partial charge in [-0.05, 0) is 25.5 Å². The normalized spacial score (nSPS) is 9.94. The first kappa shape index (κ1) is 12.6. The van der Waals surface area contributed by atoms with E-state index in [-0.39, 0.29) is 24.5 Å². The van der Waals surface area contributed by atoms with Crippen molar-refractivity contribution < 1.29 is 9.59 Å². The van der Waals surface area contributed by atoms with Crippen LogP contribution in [-0.2, 0) is 9.59 Å². The molecule has 0 radical (unpaired) electrons. The van der Waals surface area contributed by atoms with Crippen molar-refractivity contribution in [2.75, 3.05) is 5.32 Å². The Morgan fingerprint density at radius 2 is 2.12 bits per heavy atom. The highest BCUT2D eigenvalue weighted by Gasteiger charge is 2.05. The molecule has 4 nitrogen and oxygen atoms in total. The minimum Gasteiger partial charge on any atom is -0.325 e. The molecule has 1 heterocycles. The first-order valence-corrected chi connectivity index (χ1v) is 5.28. The van der Waals surface area contributed by atoms with Crippen LogP contribution < -0.4 is 5.32 Å². The van der Waals surface area contributed by atoms with E-state index in [0.29, 0.717) is 10.8 Å². The average molecular weight is 241 g/mol. The second kappa shape index (κ2) is 5.61. The van der Waals surface area contributed by atoms with Crippen LogP contribution >= 0.6 is 11.6 Å². The van der Waals surface area contributed by atoms with E-state index in [4.69, 9.17) is 11.6 Å². The van der Waals surface area contributed by atoms with Gasteiger partial charge in [0.05, 0.1) is 11.9 Å². The molecule has 1 aromatic rings. The van der Waals surface area contributed by atoms with Gasteiger partial charge in [0.1, 0.15) is 10.9 Å². The van der Waals surface area contributed by atoms with Gasteiger partial charge in [0.2, 0.25) is 5.91 Å². The standard InChI is InChI=1S/C11H13ClN2O2/c1-7-5-9(6-13-11(7)12)14-10(16)4-3-8(2)15/h5-6H,3-4H2,1-2H3,(H,14,16). The van der Waals surface area contributed by atoms with Crippen LogP contribution in [0.3, 0.4) is 0 Å². The third-order valence-corrected chi connectivity index (χ3v) is 2.40. The number of nitrogens with one attached hydrogen (secondary N) is 1. The molecule has 0 fully saturated rings. The number of ketones is 1. The van der Waals surface area contributed by atoms with Gasteiger partial charge < -0.3 is 10.1 Å². The Labute approximate surface area is 99.0 Å².